The molecule has 0 saturated carbocycles. The lowest BCUT2D eigenvalue weighted by atomic mass is 10.1. The van der Waals surface area contributed by atoms with E-state index in [1.165, 1.54) is 13.3 Å². The van der Waals surface area contributed by atoms with Crippen molar-refractivity contribution < 1.29 is 28.6 Å². The third-order valence-corrected chi connectivity index (χ3v) is 5.10. The minimum absolute atomic E-state index is 0.211. The summed E-state index contributed by atoms with van der Waals surface area (Å²) in [5.41, 5.74) is 5.15. The molecular formula is C27H28N4O6. The first-order chi connectivity index (χ1) is 17.9. The molecule has 3 amide bonds. The van der Waals surface area contributed by atoms with Crippen molar-refractivity contribution in [1.29, 1.82) is 0 Å². The van der Waals surface area contributed by atoms with Crippen LogP contribution in [0.2, 0.25) is 0 Å². The molecule has 0 saturated heterocycles. The van der Waals surface area contributed by atoms with Gasteiger partial charge in [0.2, 0.25) is 0 Å². The molecule has 0 aromatic heterocycles. The summed E-state index contributed by atoms with van der Waals surface area (Å²) < 4.78 is 16.1. The highest BCUT2D eigenvalue weighted by molar-refractivity contribution is 6.35. The van der Waals surface area contributed by atoms with Crippen molar-refractivity contribution in [2.45, 2.75) is 13.5 Å². The van der Waals surface area contributed by atoms with Crippen LogP contribution in [-0.2, 0) is 20.9 Å². The van der Waals surface area contributed by atoms with Gasteiger partial charge >= 0.3 is 11.8 Å². The van der Waals surface area contributed by atoms with E-state index in [4.69, 9.17) is 14.2 Å². The molecule has 192 valence electrons. The number of carbonyl (C=O) groups excluding carboxylic acids is 3. The van der Waals surface area contributed by atoms with E-state index < -0.39 is 17.7 Å². The van der Waals surface area contributed by atoms with Crippen LogP contribution in [0.25, 0.3) is 0 Å². The Morgan fingerprint density at radius 1 is 0.892 bits per heavy atom. The lowest BCUT2D eigenvalue weighted by Gasteiger charge is -2.13. The first-order valence-corrected chi connectivity index (χ1v) is 11.3. The molecule has 3 aromatic rings. The molecule has 37 heavy (non-hydrogen) atoms. The standard InChI is InChI=1S/C27H28N4O6/c1-18-7-9-19(10-8-18)15-28-26(33)27(34)31-29-16-20-5-4-6-23(36-3)25(20)37-17-24(32)30-21-11-13-22(35-2)14-12-21/h4-14,16H,15,17H2,1-3H3,(H,28,33)(H,30,32)(H,31,34)/b29-16-. The molecule has 0 aliphatic carbocycles. The average Bonchev–Trinajstić information content (AvgIpc) is 2.91. The Balaban J connectivity index is 1.56. The van der Waals surface area contributed by atoms with Gasteiger partial charge in [0.25, 0.3) is 5.91 Å². The molecule has 0 radical (unpaired) electrons. The van der Waals surface area contributed by atoms with Gasteiger partial charge in [-0.15, -0.1) is 0 Å². The van der Waals surface area contributed by atoms with Crippen molar-refractivity contribution in [3.63, 3.8) is 0 Å². The van der Waals surface area contributed by atoms with Crippen LogP contribution >= 0.6 is 0 Å². The predicted octanol–water partition coefficient (Wildman–Crippen LogP) is 2.80. The normalized spacial score (nSPS) is 10.5. The SMILES string of the molecule is COc1ccc(NC(=O)COc2c(/C=N\NC(=O)C(=O)NCc3ccc(C)cc3)cccc2OC)cc1. The van der Waals surface area contributed by atoms with Crippen LogP contribution in [0, 0.1) is 6.92 Å². The van der Waals surface area contributed by atoms with E-state index in [9.17, 15) is 14.4 Å². The van der Waals surface area contributed by atoms with Gasteiger partial charge in [-0.25, -0.2) is 5.43 Å². The summed E-state index contributed by atoms with van der Waals surface area (Å²) in [6.45, 7) is 1.87. The summed E-state index contributed by atoms with van der Waals surface area (Å²) in [5, 5.41) is 9.10. The molecule has 0 aliphatic heterocycles. The highest BCUT2D eigenvalue weighted by Gasteiger charge is 2.14. The van der Waals surface area contributed by atoms with Crippen LogP contribution in [0.3, 0.4) is 0 Å². The second-order valence-electron chi connectivity index (χ2n) is 7.81. The molecule has 0 bridgehead atoms. The first kappa shape index (κ1) is 26.7. The number of nitrogens with zero attached hydrogens (tertiary/aromatic N) is 1. The van der Waals surface area contributed by atoms with Gasteiger partial charge in [0.15, 0.2) is 18.1 Å². The maximum atomic E-state index is 12.4. The summed E-state index contributed by atoms with van der Waals surface area (Å²) in [5.74, 6) is -0.858. The predicted molar refractivity (Wildman–Crippen MR) is 139 cm³/mol. The number of hydrogen-bond acceptors (Lipinski definition) is 7. The zero-order valence-corrected chi connectivity index (χ0v) is 20.7. The van der Waals surface area contributed by atoms with Crippen LogP contribution in [-0.4, -0.2) is 44.8 Å². The third-order valence-electron chi connectivity index (χ3n) is 5.10. The number of nitrogens with one attached hydrogen (secondary N) is 3. The van der Waals surface area contributed by atoms with E-state index in [0.29, 0.717) is 22.7 Å². The number of benzene rings is 3. The van der Waals surface area contributed by atoms with Crippen LogP contribution in [0.15, 0.2) is 71.8 Å². The molecule has 3 N–H and O–H groups in total. The summed E-state index contributed by atoms with van der Waals surface area (Å²) in [6.07, 6.45) is 1.30. The molecular weight excluding hydrogens is 476 g/mol. The van der Waals surface area contributed by atoms with Gasteiger partial charge in [-0.3, -0.25) is 14.4 Å². The van der Waals surface area contributed by atoms with E-state index in [1.807, 2.05) is 31.2 Å². The molecule has 10 heteroatoms. The fraction of sp³-hybridized carbons (Fsp3) is 0.185. The van der Waals surface area contributed by atoms with Gasteiger partial charge in [0.05, 0.1) is 20.4 Å². The maximum absolute atomic E-state index is 12.4. The number of carbonyl (C=O) groups is 3. The van der Waals surface area contributed by atoms with Crippen LogP contribution in [0.1, 0.15) is 16.7 Å². The number of hydrogen-bond donors (Lipinski definition) is 3. The Hall–Kier alpha value is -4.86. The molecule has 0 aliphatic rings. The molecule has 3 aromatic carbocycles. The number of anilines is 1. The van der Waals surface area contributed by atoms with Gasteiger partial charge in [-0.05, 0) is 48.9 Å². The fourth-order valence-corrected chi connectivity index (χ4v) is 3.14. The number of para-hydroxylation sites is 1. The molecule has 0 heterocycles. The molecule has 0 spiro atoms. The summed E-state index contributed by atoms with van der Waals surface area (Å²) in [4.78, 5) is 36.5. The Bertz CT molecular complexity index is 1260. The van der Waals surface area contributed by atoms with E-state index in [-0.39, 0.29) is 18.9 Å². The van der Waals surface area contributed by atoms with Crippen molar-refractivity contribution in [2.24, 2.45) is 5.10 Å². The molecule has 10 nitrogen and oxygen atoms in total. The van der Waals surface area contributed by atoms with E-state index in [2.05, 4.69) is 21.2 Å². The third kappa shape index (κ3) is 8.10. The molecule has 0 atom stereocenters. The number of ether oxygens (including phenoxy) is 3. The van der Waals surface area contributed by atoms with Crippen LogP contribution < -0.4 is 30.3 Å². The Labute approximate surface area is 214 Å². The molecule has 3 rings (SSSR count). The largest absolute Gasteiger partial charge is 0.497 e. The molecule has 0 fully saturated rings. The van der Waals surface area contributed by atoms with Crippen molar-refractivity contribution in [1.82, 2.24) is 10.7 Å². The van der Waals surface area contributed by atoms with Gasteiger partial charge in [-0.1, -0.05) is 35.9 Å². The number of rotatable bonds is 10. The zero-order valence-electron chi connectivity index (χ0n) is 20.7. The van der Waals surface area contributed by atoms with Gasteiger partial charge < -0.3 is 24.8 Å². The molecule has 0 unspecified atom stereocenters. The fourth-order valence-electron chi connectivity index (χ4n) is 3.14. The number of methoxy groups -OCH3 is 2. The Morgan fingerprint density at radius 2 is 1.62 bits per heavy atom. The average molecular weight is 505 g/mol. The van der Waals surface area contributed by atoms with Crippen LogP contribution in [0.4, 0.5) is 5.69 Å². The smallest absolute Gasteiger partial charge is 0.329 e. The second-order valence-corrected chi connectivity index (χ2v) is 7.81. The lowest BCUT2D eigenvalue weighted by Crippen LogP contribution is -2.37. The van der Waals surface area contributed by atoms with Gasteiger partial charge in [-0.2, -0.15) is 5.10 Å². The minimum Gasteiger partial charge on any atom is -0.497 e. The Morgan fingerprint density at radius 3 is 2.30 bits per heavy atom. The summed E-state index contributed by atoms with van der Waals surface area (Å²) >= 11 is 0. The first-order valence-electron chi connectivity index (χ1n) is 11.3. The van der Waals surface area contributed by atoms with Gasteiger partial charge in [0.1, 0.15) is 5.75 Å². The van der Waals surface area contributed by atoms with Crippen molar-refractivity contribution in [3.8, 4) is 17.2 Å². The van der Waals surface area contributed by atoms with Crippen molar-refractivity contribution in [2.75, 3.05) is 26.1 Å². The number of amides is 3. The zero-order chi connectivity index (χ0) is 26.6. The number of aryl methyl sites for hydroxylation is 1. The van der Waals surface area contributed by atoms with Crippen molar-refractivity contribution >= 4 is 29.6 Å². The monoisotopic (exact) mass is 504 g/mol. The minimum atomic E-state index is -0.924. The van der Waals surface area contributed by atoms with Crippen LogP contribution in [0.5, 0.6) is 17.2 Å². The van der Waals surface area contributed by atoms with E-state index in [1.54, 1.807) is 49.6 Å². The second kappa shape index (κ2) is 13.3. The van der Waals surface area contributed by atoms with E-state index >= 15 is 0 Å². The van der Waals surface area contributed by atoms with Gasteiger partial charge in [0, 0.05) is 17.8 Å². The summed E-state index contributed by atoms with van der Waals surface area (Å²) in [6, 6.07) is 19.4. The van der Waals surface area contributed by atoms with E-state index in [0.717, 1.165) is 11.1 Å². The number of hydrazone groups is 1. The lowest BCUT2D eigenvalue weighted by molar-refractivity contribution is -0.139. The summed E-state index contributed by atoms with van der Waals surface area (Å²) in [7, 11) is 3.02. The highest BCUT2D eigenvalue weighted by Crippen LogP contribution is 2.30. The maximum Gasteiger partial charge on any atom is 0.329 e. The highest BCUT2D eigenvalue weighted by atomic mass is 16.5. The quantitative estimate of drug-likeness (QED) is 0.221. The Kier molecular flexibility index (Phi) is 9.60. The van der Waals surface area contributed by atoms with Crippen molar-refractivity contribution in [3.05, 3.63) is 83.4 Å². The topological polar surface area (TPSA) is 127 Å².